The van der Waals surface area contributed by atoms with Crippen LogP contribution in [0.3, 0.4) is 0 Å². The van der Waals surface area contributed by atoms with Crippen LogP contribution in [0.5, 0.6) is 0 Å². The zero-order valence-corrected chi connectivity index (χ0v) is 18.3. The third-order valence-electron chi connectivity index (χ3n) is 6.52. The number of furan rings is 1. The minimum absolute atomic E-state index is 0.0199. The zero-order valence-electron chi connectivity index (χ0n) is 18.3. The first kappa shape index (κ1) is 20.7. The summed E-state index contributed by atoms with van der Waals surface area (Å²) in [6, 6.07) is 22.5. The standard InChI is InChI=1S/C27H29N3O2/c31-27-25-13-5-4-12-24(25)26(20-23-11-7-19-32-23)28-30(27)22-10-6-16-29(18-15-22)17-14-21-8-2-1-3-9-21/h1-5,7-9,11-13,19,22H,6,10,14-18,20H2. The highest BCUT2D eigenvalue weighted by atomic mass is 16.3. The number of rotatable bonds is 6. The molecule has 0 N–H and O–H groups in total. The van der Waals surface area contributed by atoms with Gasteiger partial charge in [0.15, 0.2) is 0 Å². The van der Waals surface area contributed by atoms with E-state index in [4.69, 9.17) is 9.52 Å². The average molecular weight is 428 g/mol. The molecule has 32 heavy (non-hydrogen) atoms. The fourth-order valence-electron chi connectivity index (χ4n) is 4.77. The van der Waals surface area contributed by atoms with Crippen LogP contribution in [0.1, 0.15) is 42.3 Å². The molecule has 164 valence electrons. The van der Waals surface area contributed by atoms with Crippen LogP contribution in [0.15, 0.2) is 82.2 Å². The summed E-state index contributed by atoms with van der Waals surface area (Å²) in [7, 11) is 0. The fourth-order valence-corrected chi connectivity index (χ4v) is 4.77. The fraction of sp³-hybridized carbons (Fsp3) is 0.333. The number of hydrogen-bond donors (Lipinski definition) is 0. The number of fused-ring (bicyclic) bond motifs is 1. The van der Waals surface area contributed by atoms with Crippen molar-refractivity contribution in [3.63, 3.8) is 0 Å². The minimum atomic E-state index is 0.0199. The molecule has 0 spiro atoms. The van der Waals surface area contributed by atoms with Crippen LogP contribution in [-0.2, 0) is 12.8 Å². The van der Waals surface area contributed by atoms with E-state index in [1.54, 1.807) is 10.9 Å². The Hall–Kier alpha value is -3.18. The number of aromatic nitrogens is 2. The summed E-state index contributed by atoms with van der Waals surface area (Å²) in [4.78, 5) is 15.9. The molecule has 1 atom stereocenters. The Kier molecular flexibility index (Phi) is 6.17. The van der Waals surface area contributed by atoms with Gasteiger partial charge in [0, 0.05) is 18.5 Å². The van der Waals surface area contributed by atoms with Gasteiger partial charge in [-0.3, -0.25) is 4.79 Å². The van der Waals surface area contributed by atoms with Crippen molar-refractivity contribution in [3.8, 4) is 0 Å². The van der Waals surface area contributed by atoms with Crippen LogP contribution in [0.25, 0.3) is 10.8 Å². The molecular formula is C27H29N3O2. The summed E-state index contributed by atoms with van der Waals surface area (Å²) in [5.41, 5.74) is 2.30. The number of benzene rings is 2. The molecule has 1 aliphatic rings. The van der Waals surface area contributed by atoms with Crippen molar-refractivity contribution >= 4 is 10.8 Å². The van der Waals surface area contributed by atoms with E-state index in [0.29, 0.717) is 6.42 Å². The van der Waals surface area contributed by atoms with Crippen LogP contribution in [0.2, 0.25) is 0 Å². The van der Waals surface area contributed by atoms with E-state index in [2.05, 4.69) is 35.2 Å². The Morgan fingerprint density at radius 3 is 2.53 bits per heavy atom. The summed E-state index contributed by atoms with van der Waals surface area (Å²) >= 11 is 0. The van der Waals surface area contributed by atoms with Gasteiger partial charge in [0.1, 0.15) is 5.76 Å². The first-order valence-electron chi connectivity index (χ1n) is 11.6. The quantitative estimate of drug-likeness (QED) is 0.441. The third kappa shape index (κ3) is 4.53. The van der Waals surface area contributed by atoms with Gasteiger partial charge in [0.05, 0.1) is 29.8 Å². The van der Waals surface area contributed by atoms with E-state index >= 15 is 0 Å². The van der Waals surface area contributed by atoms with E-state index in [1.807, 2.05) is 36.4 Å². The van der Waals surface area contributed by atoms with E-state index in [0.717, 1.165) is 67.5 Å². The maximum absolute atomic E-state index is 13.4. The van der Waals surface area contributed by atoms with Crippen LogP contribution in [0, 0.1) is 0 Å². The van der Waals surface area contributed by atoms with Crippen molar-refractivity contribution in [1.82, 2.24) is 14.7 Å². The largest absolute Gasteiger partial charge is 0.469 e. The molecule has 1 saturated heterocycles. The second-order valence-corrected chi connectivity index (χ2v) is 8.66. The van der Waals surface area contributed by atoms with Gasteiger partial charge in [-0.25, -0.2) is 4.68 Å². The predicted molar refractivity (Wildman–Crippen MR) is 127 cm³/mol. The van der Waals surface area contributed by atoms with Gasteiger partial charge >= 0.3 is 0 Å². The van der Waals surface area contributed by atoms with Gasteiger partial charge in [-0.15, -0.1) is 0 Å². The van der Waals surface area contributed by atoms with Crippen LogP contribution in [0.4, 0.5) is 0 Å². The lowest BCUT2D eigenvalue weighted by Crippen LogP contribution is -2.30. The molecule has 5 heteroatoms. The topological polar surface area (TPSA) is 51.3 Å². The van der Waals surface area contributed by atoms with Crippen molar-refractivity contribution in [2.24, 2.45) is 0 Å². The SMILES string of the molecule is O=c1c2ccccc2c(Cc2ccco2)nn1C1CCCN(CCc2ccccc2)CC1. The Bertz CT molecular complexity index is 1210. The lowest BCUT2D eigenvalue weighted by atomic mass is 10.1. The molecule has 5 nitrogen and oxygen atoms in total. The molecule has 3 heterocycles. The van der Waals surface area contributed by atoms with E-state index < -0.39 is 0 Å². The minimum Gasteiger partial charge on any atom is -0.469 e. The molecule has 1 aliphatic heterocycles. The lowest BCUT2D eigenvalue weighted by molar-refractivity contribution is 0.281. The molecule has 0 amide bonds. The summed E-state index contributed by atoms with van der Waals surface area (Å²) in [6.45, 7) is 3.12. The number of hydrogen-bond acceptors (Lipinski definition) is 4. The second-order valence-electron chi connectivity index (χ2n) is 8.66. The van der Waals surface area contributed by atoms with Crippen LogP contribution >= 0.6 is 0 Å². The first-order chi connectivity index (χ1) is 15.8. The van der Waals surface area contributed by atoms with Gasteiger partial charge in [-0.1, -0.05) is 48.5 Å². The maximum Gasteiger partial charge on any atom is 0.274 e. The highest BCUT2D eigenvalue weighted by molar-refractivity contribution is 5.83. The molecule has 0 radical (unpaired) electrons. The summed E-state index contributed by atoms with van der Waals surface area (Å²) < 4.78 is 7.33. The molecule has 2 aromatic heterocycles. The van der Waals surface area contributed by atoms with Gasteiger partial charge in [-0.05, 0) is 56.0 Å². The van der Waals surface area contributed by atoms with Gasteiger partial charge in [0.2, 0.25) is 0 Å². The summed E-state index contributed by atoms with van der Waals surface area (Å²) in [5, 5.41) is 6.55. The van der Waals surface area contributed by atoms with Crippen molar-refractivity contribution in [2.45, 2.75) is 38.1 Å². The Morgan fingerprint density at radius 2 is 1.72 bits per heavy atom. The molecule has 0 saturated carbocycles. The summed E-state index contributed by atoms with van der Waals surface area (Å²) in [6.07, 6.45) is 6.33. The molecule has 5 rings (SSSR count). The molecular weight excluding hydrogens is 398 g/mol. The van der Waals surface area contributed by atoms with E-state index in [1.165, 1.54) is 5.56 Å². The van der Waals surface area contributed by atoms with Gasteiger partial charge in [0.25, 0.3) is 5.56 Å². The molecule has 0 aliphatic carbocycles. The summed E-state index contributed by atoms with van der Waals surface area (Å²) in [5.74, 6) is 0.862. The van der Waals surface area contributed by atoms with Gasteiger partial charge < -0.3 is 9.32 Å². The first-order valence-corrected chi connectivity index (χ1v) is 11.6. The van der Waals surface area contributed by atoms with Crippen molar-refractivity contribution in [1.29, 1.82) is 0 Å². The van der Waals surface area contributed by atoms with Crippen molar-refractivity contribution in [2.75, 3.05) is 19.6 Å². The maximum atomic E-state index is 13.4. The normalized spacial score (nSPS) is 17.4. The lowest BCUT2D eigenvalue weighted by Gasteiger charge is -2.21. The van der Waals surface area contributed by atoms with E-state index in [-0.39, 0.29) is 11.6 Å². The van der Waals surface area contributed by atoms with Crippen LogP contribution < -0.4 is 5.56 Å². The average Bonchev–Trinajstić information content (AvgIpc) is 3.24. The Balaban J connectivity index is 1.37. The van der Waals surface area contributed by atoms with Crippen LogP contribution in [-0.4, -0.2) is 34.3 Å². The molecule has 2 aromatic carbocycles. The highest BCUT2D eigenvalue weighted by Gasteiger charge is 2.22. The number of likely N-dealkylation sites (tertiary alicyclic amines) is 1. The van der Waals surface area contributed by atoms with Gasteiger partial charge in [-0.2, -0.15) is 5.10 Å². The Labute approximate surface area is 188 Å². The number of nitrogens with zero attached hydrogens (tertiary/aromatic N) is 3. The molecule has 1 fully saturated rings. The molecule has 4 aromatic rings. The van der Waals surface area contributed by atoms with Crippen molar-refractivity contribution in [3.05, 3.63) is 100 Å². The van der Waals surface area contributed by atoms with E-state index in [9.17, 15) is 4.79 Å². The monoisotopic (exact) mass is 427 g/mol. The van der Waals surface area contributed by atoms with Crippen molar-refractivity contribution < 1.29 is 4.42 Å². The zero-order chi connectivity index (χ0) is 21.8. The Morgan fingerprint density at radius 1 is 0.906 bits per heavy atom. The highest BCUT2D eigenvalue weighted by Crippen LogP contribution is 2.24. The molecule has 0 bridgehead atoms. The second kappa shape index (κ2) is 9.53. The smallest absolute Gasteiger partial charge is 0.274 e. The predicted octanol–water partition coefficient (Wildman–Crippen LogP) is 4.85. The third-order valence-corrected chi connectivity index (χ3v) is 6.52. The molecule has 1 unspecified atom stereocenters.